The monoisotopic (exact) mass is 420 g/mol. The maximum absolute atomic E-state index is 6.07. The molecular weight excluding hydrogens is 400 g/mol. The summed E-state index contributed by atoms with van der Waals surface area (Å²) in [6, 6.07) is 20.6. The molecule has 1 aliphatic rings. The molecule has 2 aromatic heterocycles. The molecule has 0 unspecified atom stereocenters. The maximum Gasteiger partial charge on any atom is 0.162 e. The van der Waals surface area contributed by atoms with E-state index >= 15 is 0 Å². The number of hydrogen-bond donors (Lipinski definition) is 0. The van der Waals surface area contributed by atoms with Crippen LogP contribution in [0.15, 0.2) is 70.5 Å². The summed E-state index contributed by atoms with van der Waals surface area (Å²) in [6.45, 7) is 4.01. The molecule has 6 heteroatoms. The minimum atomic E-state index is 0.751. The Kier molecular flexibility index (Phi) is 5.04. The fourth-order valence-electron chi connectivity index (χ4n) is 3.63. The summed E-state index contributed by atoms with van der Waals surface area (Å²) in [7, 11) is 2.17. The Morgan fingerprint density at radius 2 is 1.62 bits per heavy atom. The quantitative estimate of drug-likeness (QED) is 0.418. The predicted molar refractivity (Wildman–Crippen MR) is 122 cm³/mol. The third kappa shape index (κ3) is 3.90. The zero-order valence-electron chi connectivity index (χ0n) is 16.2. The lowest BCUT2D eigenvalue weighted by Gasteiger charge is -2.34. The summed E-state index contributed by atoms with van der Waals surface area (Å²) in [5, 5.41) is 2.95. The van der Waals surface area contributed by atoms with Crippen molar-refractivity contribution in [3.8, 4) is 0 Å². The molecular formula is C23H21ClN4S. The van der Waals surface area contributed by atoms with Gasteiger partial charge in [-0.15, -0.1) is 0 Å². The Labute approximate surface area is 179 Å². The van der Waals surface area contributed by atoms with Crippen LogP contribution in [0.3, 0.4) is 0 Å². The van der Waals surface area contributed by atoms with Crippen molar-refractivity contribution >= 4 is 51.1 Å². The van der Waals surface area contributed by atoms with Crippen molar-refractivity contribution in [1.82, 2.24) is 14.9 Å². The fraction of sp³-hybridized carbons (Fsp3) is 0.217. The second kappa shape index (κ2) is 7.82. The van der Waals surface area contributed by atoms with E-state index in [-0.39, 0.29) is 0 Å². The molecule has 0 saturated carbocycles. The number of nitrogens with zero attached hydrogens (tertiary/aromatic N) is 4. The van der Waals surface area contributed by atoms with Gasteiger partial charge in [0, 0.05) is 46.9 Å². The number of pyridine rings is 2. The topological polar surface area (TPSA) is 32.3 Å². The van der Waals surface area contributed by atoms with Crippen LogP contribution in [-0.2, 0) is 0 Å². The lowest BCUT2D eigenvalue weighted by atomic mass is 10.1. The largest absolute Gasteiger partial charge is 0.353 e. The van der Waals surface area contributed by atoms with Crippen LogP contribution in [0.1, 0.15) is 0 Å². The molecule has 3 heterocycles. The number of halogens is 1. The summed E-state index contributed by atoms with van der Waals surface area (Å²) in [5.74, 6) is 1.02. The minimum Gasteiger partial charge on any atom is -0.353 e. The van der Waals surface area contributed by atoms with Crippen LogP contribution in [-0.4, -0.2) is 48.1 Å². The molecule has 0 spiro atoms. The average molecular weight is 421 g/mol. The predicted octanol–water partition coefficient (Wildman–Crippen LogP) is 5.34. The van der Waals surface area contributed by atoms with Crippen LogP contribution < -0.4 is 4.90 Å². The minimum absolute atomic E-state index is 0.751. The molecule has 29 heavy (non-hydrogen) atoms. The zero-order valence-corrected chi connectivity index (χ0v) is 17.7. The van der Waals surface area contributed by atoms with Crippen LogP contribution in [0.2, 0.25) is 5.02 Å². The first-order valence-electron chi connectivity index (χ1n) is 9.73. The van der Waals surface area contributed by atoms with Gasteiger partial charge in [0.15, 0.2) is 5.65 Å². The molecule has 1 aliphatic heterocycles. The first-order valence-corrected chi connectivity index (χ1v) is 10.9. The first-order chi connectivity index (χ1) is 14.2. The molecule has 0 N–H and O–H groups in total. The van der Waals surface area contributed by atoms with Gasteiger partial charge >= 0.3 is 0 Å². The number of para-hydroxylation sites is 1. The number of anilines is 1. The van der Waals surface area contributed by atoms with Crippen molar-refractivity contribution in [3.63, 3.8) is 0 Å². The van der Waals surface area contributed by atoms with Crippen molar-refractivity contribution in [2.24, 2.45) is 0 Å². The van der Waals surface area contributed by atoms with Crippen LogP contribution in [0.5, 0.6) is 0 Å². The van der Waals surface area contributed by atoms with Crippen LogP contribution in [0.25, 0.3) is 21.9 Å². The van der Waals surface area contributed by atoms with E-state index < -0.39 is 0 Å². The highest BCUT2D eigenvalue weighted by Gasteiger charge is 2.20. The molecule has 1 saturated heterocycles. The molecule has 146 valence electrons. The zero-order chi connectivity index (χ0) is 19.8. The van der Waals surface area contributed by atoms with E-state index in [0.29, 0.717) is 0 Å². The van der Waals surface area contributed by atoms with Gasteiger partial charge in [-0.3, -0.25) is 0 Å². The SMILES string of the molecule is CN1CCN(c2nc3nc4ccccc4cc3cc2Sc2ccc(Cl)cc2)CC1. The highest BCUT2D eigenvalue weighted by molar-refractivity contribution is 7.99. The molecule has 4 nitrogen and oxygen atoms in total. The van der Waals surface area contributed by atoms with Gasteiger partial charge in [0.25, 0.3) is 0 Å². The van der Waals surface area contributed by atoms with Gasteiger partial charge in [0.2, 0.25) is 0 Å². The number of piperazine rings is 1. The number of aromatic nitrogens is 2. The molecule has 0 amide bonds. The third-order valence-electron chi connectivity index (χ3n) is 5.30. The molecule has 4 aromatic rings. The number of fused-ring (bicyclic) bond motifs is 2. The number of hydrogen-bond acceptors (Lipinski definition) is 5. The van der Waals surface area contributed by atoms with Crippen molar-refractivity contribution in [2.45, 2.75) is 9.79 Å². The van der Waals surface area contributed by atoms with E-state index in [1.54, 1.807) is 11.8 Å². The molecule has 0 atom stereocenters. The van der Waals surface area contributed by atoms with E-state index in [9.17, 15) is 0 Å². The molecule has 1 fully saturated rings. The summed E-state index contributed by atoms with van der Waals surface area (Å²) >= 11 is 7.81. The highest BCUT2D eigenvalue weighted by atomic mass is 35.5. The standard InChI is InChI=1S/C23H21ClN4S/c1-27-10-12-28(13-11-27)23-21(29-19-8-6-18(24)7-9-19)15-17-14-16-4-2-3-5-20(16)25-22(17)26-23/h2-9,14-15H,10-13H2,1H3. The van der Waals surface area contributed by atoms with E-state index in [2.05, 4.69) is 47.2 Å². The normalized spacial score (nSPS) is 15.3. The smallest absolute Gasteiger partial charge is 0.162 e. The molecule has 5 rings (SSSR count). The van der Waals surface area contributed by atoms with Gasteiger partial charge in [0.1, 0.15) is 5.82 Å². The van der Waals surface area contributed by atoms with Gasteiger partial charge < -0.3 is 9.80 Å². The molecule has 0 aliphatic carbocycles. The van der Waals surface area contributed by atoms with Crippen LogP contribution in [0.4, 0.5) is 5.82 Å². The molecule has 0 bridgehead atoms. The lowest BCUT2D eigenvalue weighted by Crippen LogP contribution is -2.45. The van der Waals surface area contributed by atoms with Gasteiger partial charge in [-0.2, -0.15) is 0 Å². The Balaban J connectivity index is 1.63. The van der Waals surface area contributed by atoms with Gasteiger partial charge in [-0.05, 0) is 49.5 Å². The van der Waals surface area contributed by atoms with Crippen LogP contribution in [0, 0.1) is 0 Å². The Morgan fingerprint density at radius 3 is 2.41 bits per heavy atom. The van der Waals surface area contributed by atoms with Crippen molar-refractivity contribution in [1.29, 1.82) is 0 Å². The Morgan fingerprint density at radius 1 is 0.862 bits per heavy atom. The number of likely N-dealkylation sites (N-methyl/N-ethyl adjacent to an activating group) is 1. The molecule has 0 radical (unpaired) electrons. The second-order valence-electron chi connectivity index (χ2n) is 7.38. The lowest BCUT2D eigenvalue weighted by molar-refractivity contribution is 0.311. The third-order valence-corrected chi connectivity index (χ3v) is 6.58. The summed E-state index contributed by atoms with van der Waals surface area (Å²) in [5.41, 5.74) is 1.79. The summed E-state index contributed by atoms with van der Waals surface area (Å²) in [6.07, 6.45) is 0. The maximum atomic E-state index is 6.07. The summed E-state index contributed by atoms with van der Waals surface area (Å²) < 4.78 is 0. The van der Waals surface area contributed by atoms with Gasteiger partial charge in [-0.1, -0.05) is 41.6 Å². The van der Waals surface area contributed by atoms with Crippen molar-refractivity contribution in [3.05, 3.63) is 65.7 Å². The van der Waals surface area contributed by atoms with E-state index in [0.717, 1.165) is 68.7 Å². The highest BCUT2D eigenvalue weighted by Crippen LogP contribution is 2.37. The van der Waals surface area contributed by atoms with Gasteiger partial charge in [-0.25, -0.2) is 9.97 Å². The van der Waals surface area contributed by atoms with Gasteiger partial charge in [0.05, 0.1) is 10.4 Å². The van der Waals surface area contributed by atoms with E-state index in [1.165, 1.54) is 0 Å². The van der Waals surface area contributed by atoms with Crippen molar-refractivity contribution < 1.29 is 0 Å². The number of benzene rings is 2. The van der Waals surface area contributed by atoms with E-state index in [4.69, 9.17) is 21.6 Å². The Bertz CT molecular complexity index is 1170. The first kappa shape index (κ1) is 18.7. The van der Waals surface area contributed by atoms with Crippen molar-refractivity contribution in [2.75, 3.05) is 38.1 Å². The van der Waals surface area contributed by atoms with Crippen LogP contribution >= 0.6 is 23.4 Å². The second-order valence-corrected chi connectivity index (χ2v) is 8.94. The molecule has 2 aromatic carbocycles. The fourth-order valence-corrected chi connectivity index (χ4v) is 4.73. The average Bonchev–Trinajstić information content (AvgIpc) is 2.74. The summed E-state index contributed by atoms with van der Waals surface area (Å²) in [4.78, 5) is 16.9. The Hall–Kier alpha value is -2.34. The van der Waals surface area contributed by atoms with E-state index in [1.807, 2.05) is 30.3 Å². The number of rotatable bonds is 3.